The predicted octanol–water partition coefficient (Wildman–Crippen LogP) is 4.73. The lowest BCUT2D eigenvalue weighted by Gasteiger charge is -2.31. The summed E-state index contributed by atoms with van der Waals surface area (Å²) < 4.78 is 16.2. The molecule has 0 aromatic heterocycles. The van der Waals surface area contributed by atoms with E-state index in [1.165, 1.54) is 0 Å². The largest absolute Gasteiger partial charge is 0.497 e. The smallest absolute Gasteiger partial charge is 0.243 e. The minimum absolute atomic E-state index is 0.0485. The Bertz CT molecular complexity index is 923. The third-order valence-electron chi connectivity index (χ3n) is 6.46. The third kappa shape index (κ3) is 7.91. The zero-order chi connectivity index (χ0) is 25.0. The second-order valence-electron chi connectivity index (χ2n) is 8.91. The van der Waals surface area contributed by atoms with Gasteiger partial charge in [-0.2, -0.15) is 0 Å². The van der Waals surface area contributed by atoms with Gasteiger partial charge in [0.1, 0.15) is 23.3 Å². The zero-order valence-corrected chi connectivity index (χ0v) is 21.1. The van der Waals surface area contributed by atoms with E-state index in [-0.39, 0.29) is 17.9 Å². The Morgan fingerprint density at radius 3 is 2.09 bits per heavy atom. The van der Waals surface area contributed by atoms with Crippen LogP contribution < -0.4 is 19.5 Å². The van der Waals surface area contributed by atoms with Crippen LogP contribution in [-0.2, 0) is 16.1 Å². The van der Waals surface area contributed by atoms with Gasteiger partial charge >= 0.3 is 0 Å². The Morgan fingerprint density at radius 2 is 1.51 bits per heavy atom. The van der Waals surface area contributed by atoms with Crippen LogP contribution in [0.4, 0.5) is 0 Å². The number of ether oxygens (including phenoxy) is 3. The van der Waals surface area contributed by atoms with Crippen LogP contribution in [0.5, 0.6) is 17.2 Å². The first-order valence-electron chi connectivity index (χ1n) is 12.5. The van der Waals surface area contributed by atoms with E-state index in [1.54, 1.807) is 19.1 Å². The lowest BCUT2D eigenvalue weighted by molar-refractivity contribution is -0.141. The summed E-state index contributed by atoms with van der Waals surface area (Å²) in [6.07, 6.45) is 5.73. The second-order valence-corrected chi connectivity index (χ2v) is 8.91. The molecule has 190 valence electrons. The quantitative estimate of drug-likeness (QED) is 0.418. The fraction of sp³-hybridized carbons (Fsp3) is 0.500. The molecular formula is C28H38N2O5. The molecule has 1 saturated carbocycles. The number of benzene rings is 2. The number of hydrogen-bond donors (Lipinski definition) is 1. The average molecular weight is 483 g/mol. The maximum absolute atomic E-state index is 13.4. The van der Waals surface area contributed by atoms with Crippen LogP contribution in [0.2, 0.25) is 0 Å². The highest BCUT2D eigenvalue weighted by Gasteiger charge is 2.30. The lowest BCUT2D eigenvalue weighted by Crippen LogP contribution is -2.50. The fourth-order valence-corrected chi connectivity index (χ4v) is 4.44. The van der Waals surface area contributed by atoms with Crippen LogP contribution in [-0.4, -0.2) is 49.6 Å². The maximum atomic E-state index is 13.4. The molecule has 1 fully saturated rings. The van der Waals surface area contributed by atoms with Gasteiger partial charge in [-0.25, -0.2) is 0 Å². The topological polar surface area (TPSA) is 77.1 Å². The van der Waals surface area contributed by atoms with Crippen molar-refractivity contribution in [1.82, 2.24) is 10.2 Å². The summed E-state index contributed by atoms with van der Waals surface area (Å²) in [5.74, 6) is 2.15. The van der Waals surface area contributed by atoms with Crippen molar-refractivity contribution in [2.24, 2.45) is 0 Å². The molecular weight excluding hydrogens is 444 g/mol. The molecule has 7 nitrogen and oxygen atoms in total. The van der Waals surface area contributed by atoms with Crippen LogP contribution in [0.3, 0.4) is 0 Å². The SMILES string of the molecule is CCC(C(=O)NC1CCCC1)N(Cc1ccc(OC)cc1)C(=O)CCCOc1ccc(OC)cc1. The average Bonchev–Trinajstić information content (AvgIpc) is 3.40. The minimum atomic E-state index is -0.507. The molecule has 7 heteroatoms. The molecule has 0 saturated heterocycles. The molecule has 1 N–H and O–H groups in total. The molecule has 0 aliphatic heterocycles. The standard InChI is InChI=1S/C28H38N2O5/c1-4-26(28(32)29-22-8-5-6-9-22)30(20-21-11-13-23(33-2)14-12-21)27(31)10-7-19-35-25-17-15-24(34-3)16-18-25/h11-18,22,26H,4-10,19-20H2,1-3H3,(H,29,32). The zero-order valence-electron chi connectivity index (χ0n) is 21.1. The number of hydrogen-bond acceptors (Lipinski definition) is 5. The van der Waals surface area contributed by atoms with Crippen molar-refractivity contribution < 1.29 is 23.8 Å². The Kier molecular flexibility index (Phi) is 10.3. The molecule has 1 unspecified atom stereocenters. The van der Waals surface area contributed by atoms with E-state index in [1.807, 2.05) is 55.5 Å². The minimum Gasteiger partial charge on any atom is -0.497 e. The van der Waals surface area contributed by atoms with E-state index in [0.717, 1.165) is 48.5 Å². The van der Waals surface area contributed by atoms with Gasteiger partial charge in [-0.1, -0.05) is 31.9 Å². The van der Waals surface area contributed by atoms with Gasteiger partial charge in [0, 0.05) is 19.0 Å². The highest BCUT2D eigenvalue weighted by Crippen LogP contribution is 2.21. The van der Waals surface area contributed by atoms with Gasteiger partial charge < -0.3 is 24.4 Å². The number of carbonyl (C=O) groups is 2. The number of nitrogens with one attached hydrogen (secondary N) is 1. The van der Waals surface area contributed by atoms with Gasteiger partial charge in [-0.15, -0.1) is 0 Å². The Morgan fingerprint density at radius 1 is 0.943 bits per heavy atom. The molecule has 2 amide bonds. The molecule has 2 aromatic carbocycles. The summed E-state index contributed by atoms with van der Waals surface area (Å²) in [4.78, 5) is 28.3. The molecule has 35 heavy (non-hydrogen) atoms. The van der Waals surface area contributed by atoms with Crippen LogP contribution in [0.15, 0.2) is 48.5 Å². The normalized spacial score (nSPS) is 14.3. The van der Waals surface area contributed by atoms with Crippen molar-refractivity contribution >= 4 is 11.8 Å². The van der Waals surface area contributed by atoms with Gasteiger partial charge in [-0.05, 0) is 67.6 Å². The summed E-state index contributed by atoms with van der Waals surface area (Å²) in [5.41, 5.74) is 0.959. The molecule has 1 atom stereocenters. The summed E-state index contributed by atoms with van der Waals surface area (Å²) in [6, 6.07) is 14.7. The van der Waals surface area contributed by atoms with Crippen LogP contribution >= 0.6 is 0 Å². The first-order valence-corrected chi connectivity index (χ1v) is 12.5. The van der Waals surface area contributed by atoms with Crippen molar-refractivity contribution in [3.63, 3.8) is 0 Å². The van der Waals surface area contributed by atoms with Crippen molar-refractivity contribution in [3.8, 4) is 17.2 Å². The molecule has 1 aliphatic rings. The Labute approximate surface area is 208 Å². The van der Waals surface area contributed by atoms with Crippen molar-refractivity contribution in [1.29, 1.82) is 0 Å². The molecule has 0 heterocycles. The molecule has 0 radical (unpaired) electrons. The second kappa shape index (κ2) is 13.6. The highest BCUT2D eigenvalue weighted by molar-refractivity contribution is 5.87. The molecule has 3 rings (SSSR count). The van der Waals surface area contributed by atoms with Gasteiger partial charge in [0.25, 0.3) is 0 Å². The van der Waals surface area contributed by atoms with E-state index in [2.05, 4.69) is 5.32 Å². The monoisotopic (exact) mass is 482 g/mol. The van der Waals surface area contributed by atoms with E-state index in [4.69, 9.17) is 14.2 Å². The number of rotatable bonds is 13. The van der Waals surface area contributed by atoms with E-state index in [9.17, 15) is 9.59 Å². The number of methoxy groups -OCH3 is 2. The molecule has 2 aromatic rings. The fourth-order valence-electron chi connectivity index (χ4n) is 4.44. The molecule has 0 bridgehead atoms. The van der Waals surface area contributed by atoms with Gasteiger partial charge in [0.15, 0.2) is 0 Å². The summed E-state index contributed by atoms with van der Waals surface area (Å²) >= 11 is 0. The third-order valence-corrected chi connectivity index (χ3v) is 6.46. The number of nitrogens with zero attached hydrogens (tertiary/aromatic N) is 1. The maximum Gasteiger partial charge on any atom is 0.243 e. The van der Waals surface area contributed by atoms with Gasteiger partial charge in [-0.3, -0.25) is 9.59 Å². The predicted molar refractivity (Wildman–Crippen MR) is 136 cm³/mol. The van der Waals surface area contributed by atoms with Crippen molar-refractivity contribution in [2.75, 3.05) is 20.8 Å². The van der Waals surface area contributed by atoms with Crippen LogP contribution in [0, 0.1) is 0 Å². The summed E-state index contributed by atoms with van der Waals surface area (Å²) in [6.45, 7) is 2.75. The first kappa shape index (κ1) is 26.4. The van der Waals surface area contributed by atoms with Gasteiger partial charge in [0.05, 0.1) is 20.8 Å². The first-order chi connectivity index (χ1) is 17.0. The van der Waals surface area contributed by atoms with E-state index in [0.29, 0.717) is 32.4 Å². The lowest BCUT2D eigenvalue weighted by atomic mass is 10.1. The number of amides is 2. The van der Waals surface area contributed by atoms with Crippen LogP contribution in [0.1, 0.15) is 57.4 Å². The van der Waals surface area contributed by atoms with Crippen LogP contribution in [0.25, 0.3) is 0 Å². The van der Waals surface area contributed by atoms with E-state index >= 15 is 0 Å². The molecule has 1 aliphatic carbocycles. The Balaban J connectivity index is 1.63. The van der Waals surface area contributed by atoms with Crippen molar-refractivity contribution in [3.05, 3.63) is 54.1 Å². The summed E-state index contributed by atoms with van der Waals surface area (Å²) in [7, 11) is 3.25. The molecule has 0 spiro atoms. The Hall–Kier alpha value is -3.22. The highest BCUT2D eigenvalue weighted by atomic mass is 16.5. The summed E-state index contributed by atoms with van der Waals surface area (Å²) in [5, 5.41) is 3.18. The van der Waals surface area contributed by atoms with Crippen molar-refractivity contribution in [2.45, 2.75) is 70.5 Å². The van der Waals surface area contributed by atoms with E-state index < -0.39 is 6.04 Å². The number of carbonyl (C=O) groups excluding carboxylic acids is 2. The van der Waals surface area contributed by atoms with Gasteiger partial charge in [0.2, 0.25) is 11.8 Å².